The zero-order chi connectivity index (χ0) is 15.4. The summed E-state index contributed by atoms with van der Waals surface area (Å²) in [6.45, 7) is 2.31. The van der Waals surface area contributed by atoms with Crippen molar-refractivity contribution in [1.82, 2.24) is 10.6 Å². The Kier molecular flexibility index (Phi) is 4.84. The van der Waals surface area contributed by atoms with E-state index >= 15 is 0 Å². The van der Waals surface area contributed by atoms with Gasteiger partial charge in [-0.3, -0.25) is 9.69 Å². The zero-order valence-corrected chi connectivity index (χ0v) is 13.1. The van der Waals surface area contributed by atoms with Gasteiger partial charge in [0.1, 0.15) is 0 Å². The molecule has 1 atom stereocenters. The molecule has 1 aromatic carbocycles. The van der Waals surface area contributed by atoms with Gasteiger partial charge in [0.15, 0.2) is 0 Å². The summed E-state index contributed by atoms with van der Waals surface area (Å²) in [5, 5.41) is 9.03. The van der Waals surface area contributed by atoms with Crippen molar-refractivity contribution in [3.05, 3.63) is 24.3 Å². The van der Waals surface area contributed by atoms with Crippen LogP contribution in [0.5, 0.6) is 0 Å². The molecule has 2 aliphatic heterocycles. The second kappa shape index (κ2) is 7.02. The van der Waals surface area contributed by atoms with E-state index in [4.69, 9.17) is 0 Å². The number of nitrogens with one attached hydrogen (secondary N) is 3. The van der Waals surface area contributed by atoms with Gasteiger partial charge in [-0.25, -0.2) is 4.79 Å². The molecule has 0 radical (unpaired) electrons. The van der Waals surface area contributed by atoms with E-state index in [2.05, 4.69) is 16.0 Å². The highest BCUT2D eigenvalue weighted by molar-refractivity contribution is 7.99. The molecule has 6 nitrogen and oxygen atoms in total. The Labute approximate surface area is 134 Å². The average molecular weight is 320 g/mol. The second-order valence-electron chi connectivity index (χ2n) is 5.41. The van der Waals surface area contributed by atoms with Crippen molar-refractivity contribution in [3.8, 4) is 0 Å². The van der Waals surface area contributed by atoms with Crippen LogP contribution in [-0.4, -0.2) is 49.1 Å². The lowest BCUT2D eigenvalue weighted by molar-refractivity contribution is -0.116. The third-order valence-electron chi connectivity index (χ3n) is 3.75. The minimum absolute atomic E-state index is 0.0201. The summed E-state index contributed by atoms with van der Waals surface area (Å²) in [5.41, 5.74) is 1.61. The fourth-order valence-corrected chi connectivity index (χ4v) is 3.58. The maximum Gasteiger partial charge on any atom is 0.321 e. The number of carbonyl (C=O) groups is 2. The molecule has 1 aromatic rings. The van der Waals surface area contributed by atoms with Crippen molar-refractivity contribution >= 4 is 35.1 Å². The minimum atomic E-state index is -0.0716. The Hall–Kier alpha value is -1.73. The van der Waals surface area contributed by atoms with E-state index < -0.39 is 0 Å². The van der Waals surface area contributed by atoms with Gasteiger partial charge in [-0.1, -0.05) is 0 Å². The number of carbonyl (C=O) groups excluding carboxylic acids is 2. The van der Waals surface area contributed by atoms with Crippen molar-refractivity contribution in [2.45, 2.75) is 12.5 Å². The number of amides is 3. The van der Waals surface area contributed by atoms with Gasteiger partial charge in [-0.05, 0) is 24.3 Å². The number of benzene rings is 1. The van der Waals surface area contributed by atoms with Crippen LogP contribution in [0.1, 0.15) is 6.42 Å². The molecule has 0 saturated carbocycles. The van der Waals surface area contributed by atoms with Crippen molar-refractivity contribution < 1.29 is 9.59 Å². The summed E-state index contributed by atoms with van der Waals surface area (Å²) in [6, 6.07) is 7.57. The maximum atomic E-state index is 12.0. The molecule has 2 fully saturated rings. The summed E-state index contributed by atoms with van der Waals surface area (Å²) < 4.78 is 0. The van der Waals surface area contributed by atoms with E-state index in [1.54, 1.807) is 4.90 Å². The molecule has 22 heavy (non-hydrogen) atoms. The van der Waals surface area contributed by atoms with Gasteiger partial charge in [0.2, 0.25) is 5.91 Å². The predicted molar refractivity (Wildman–Crippen MR) is 89.5 cm³/mol. The van der Waals surface area contributed by atoms with Crippen LogP contribution in [0.4, 0.5) is 16.2 Å². The third kappa shape index (κ3) is 3.72. The molecule has 0 spiro atoms. The van der Waals surface area contributed by atoms with Crippen LogP contribution in [0, 0.1) is 0 Å². The molecule has 0 aliphatic carbocycles. The Balaban J connectivity index is 1.54. The fraction of sp³-hybridized carbons (Fsp3) is 0.467. The predicted octanol–water partition coefficient (Wildman–Crippen LogP) is 1.25. The Bertz CT molecular complexity index is 543. The monoisotopic (exact) mass is 320 g/mol. The quantitative estimate of drug-likeness (QED) is 0.781. The van der Waals surface area contributed by atoms with Crippen LogP contribution >= 0.6 is 11.8 Å². The molecule has 2 aliphatic rings. The van der Waals surface area contributed by atoms with Crippen molar-refractivity contribution in [3.63, 3.8) is 0 Å². The van der Waals surface area contributed by atoms with E-state index in [1.807, 2.05) is 36.0 Å². The topological polar surface area (TPSA) is 73.5 Å². The highest BCUT2D eigenvalue weighted by Gasteiger charge is 2.21. The number of urea groups is 1. The average Bonchev–Trinajstić information content (AvgIpc) is 2.95. The smallest absolute Gasteiger partial charge is 0.321 e. The van der Waals surface area contributed by atoms with Gasteiger partial charge in [-0.2, -0.15) is 11.8 Å². The third-order valence-corrected chi connectivity index (χ3v) is 4.88. The molecule has 2 saturated heterocycles. The first-order valence-corrected chi connectivity index (χ1v) is 8.64. The first kappa shape index (κ1) is 15.2. The van der Waals surface area contributed by atoms with Crippen molar-refractivity contribution in [2.24, 2.45) is 0 Å². The maximum absolute atomic E-state index is 12.0. The molecule has 0 bridgehead atoms. The van der Waals surface area contributed by atoms with Gasteiger partial charge in [0, 0.05) is 55.0 Å². The van der Waals surface area contributed by atoms with E-state index in [1.165, 1.54) is 0 Å². The van der Waals surface area contributed by atoms with Gasteiger partial charge in [0.25, 0.3) is 0 Å². The number of nitrogens with zero attached hydrogens (tertiary/aromatic N) is 1. The molecule has 3 rings (SSSR count). The van der Waals surface area contributed by atoms with Crippen LogP contribution in [0.3, 0.4) is 0 Å². The molecular formula is C15H20N4O2S. The molecule has 1 unspecified atom stereocenters. The molecule has 7 heteroatoms. The highest BCUT2D eigenvalue weighted by Crippen LogP contribution is 2.20. The Morgan fingerprint density at radius 3 is 2.77 bits per heavy atom. The van der Waals surface area contributed by atoms with E-state index in [-0.39, 0.29) is 18.0 Å². The SMILES string of the molecule is O=C(CC1CSCCN1)Nc1ccc(N2CCNC2=O)cc1. The largest absolute Gasteiger partial charge is 0.336 e. The second-order valence-corrected chi connectivity index (χ2v) is 6.56. The summed E-state index contributed by atoms with van der Waals surface area (Å²) >= 11 is 1.88. The van der Waals surface area contributed by atoms with Crippen LogP contribution in [0.2, 0.25) is 0 Å². The van der Waals surface area contributed by atoms with Crippen molar-refractivity contribution in [2.75, 3.05) is 41.4 Å². The van der Waals surface area contributed by atoms with Crippen LogP contribution in [0.15, 0.2) is 24.3 Å². The van der Waals surface area contributed by atoms with Crippen LogP contribution in [0.25, 0.3) is 0 Å². The Morgan fingerprint density at radius 1 is 1.32 bits per heavy atom. The summed E-state index contributed by atoms with van der Waals surface area (Å²) in [6.07, 6.45) is 0.489. The van der Waals surface area contributed by atoms with E-state index in [9.17, 15) is 9.59 Å². The minimum Gasteiger partial charge on any atom is -0.336 e. The van der Waals surface area contributed by atoms with Gasteiger partial charge >= 0.3 is 6.03 Å². The van der Waals surface area contributed by atoms with Crippen molar-refractivity contribution in [1.29, 1.82) is 0 Å². The first-order chi connectivity index (χ1) is 10.7. The van der Waals surface area contributed by atoms with Crippen LogP contribution < -0.4 is 20.9 Å². The summed E-state index contributed by atoms with van der Waals surface area (Å²) in [5.74, 6) is 2.12. The standard InChI is InChI=1S/C15H20N4O2S/c20-14(9-12-10-22-8-6-16-12)18-11-1-3-13(4-2-11)19-7-5-17-15(19)21/h1-4,12,16H,5-10H2,(H,17,21)(H,18,20). The normalized spacial score (nSPS) is 21.5. The summed E-state index contributed by atoms with van der Waals surface area (Å²) in [7, 11) is 0. The van der Waals surface area contributed by atoms with Gasteiger partial charge in [0.05, 0.1) is 0 Å². The Morgan fingerprint density at radius 2 is 2.14 bits per heavy atom. The number of thioether (sulfide) groups is 1. The molecule has 3 amide bonds. The summed E-state index contributed by atoms with van der Waals surface area (Å²) in [4.78, 5) is 25.3. The van der Waals surface area contributed by atoms with Gasteiger partial charge < -0.3 is 16.0 Å². The number of anilines is 2. The zero-order valence-electron chi connectivity index (χ0n) is 12.3. The highest BCUT2D eigenvalue weighted by atomic mass is 32.2. The lowest BCUT2D eigenvalue weighted by Crippen LogP contribution is -2.39. The lowest BCUT2D eigenvalue weighted by atomic mass is 10.2. The number of hydrogen-bond acceptors (Lipinski definition) is 4. The fourth-order valence-electron chi connectivity index (χ4n) is 2.63. The molecule has 118 valence electrons. The number of rotatable bonds is 4. The molecular weight excluding hydrogens is 300 g/mol. The van der Waals surface area contributed by atoms with Gasteiger partial charge in [-0.15, -0.1) is 0 Å². The van der Waals surface area contributed by atoms with Crippen LogP contribution in [-0.2, 0) is 4.79 Å². The van der Waals surface area contributed by atoms with E-state index in [0.717, 1.165) is 29.4 Å². The van der Waals surface area contributed by atoms with E-state index in [0.29, 0.717) is 19.5 Å². The first-order valence-electron chi connectivity index (χ1n) is 7.49. The molecule has 0 aromatic heterocycles. The molecule has 2 heterocycles. The number of hydrogen-bond donors (Lipinski definition) is 3. The molecule has 3 N–H and O–H groups in total. The lowest BCUT2D eigenvalue weighted by Gasteiger charge is -2.22.